The molecule has 5 nitrogen and oxygen atoms in total. The van der Waals surface area contributed by atoms with Crippen LogP contribution in [0.4, 0.5) is 5.82 Å². The van der Waals surface area contributed by atoms with Crippen molar-refractivity contribution in [2.45, 2.75) is 18.6 Å². The van der Waals surface area contributed by atoms with Crippen LogP contribution in [0, 0.1) is 0 Å². The van der Waals surface area contributed by atoms with Crippen molar-refractivity contribution in [1.29, 1.82) is 0 Å². The molecule has 2 atom stereocenters. The maximum atomic E-state index is 11.1. The molecule has 0 spiro atoms. The van der Waals surface area contributed by atoms with Crippen molar-refractivity contribution in [3.63, 3.8) is 0 Å². The van der Waals surface area contributed by atoms with Gasteiger partial charge in [-0.15, -0.1) is 0 Å². The lowest BCUT2D eigenvalue weighted by Gasteiger charge is -2.09. The minimum atomic E-state index is -0.987. The maximum absolute atomic E-state index is 11.1. The van der Waals surface area contributed by atoms with Gasteiger partial charge < -0.3 is 10.4 Å². The molecule has 1 heterocycles. The quantitative estimate of drug-likeness (QED) is 0.803. The summed E-state index contributed by atoms with van der Waals surface area (Å²) in [6.07, 6.45) is 3.78. The van der Waals surface area contributed by atoms with Gasteiger partial charge in [-0.1, -0.05) is 6.92 Å². The molecule has 0 radical (unpaired) electrons. The number of carboxylic acids is 1. The van der Waals surface area contributed by atoms with Gasteiger partial charge in [0.1, 0.15) is 5.82 Å². The van der Waals surface area contributed by atoms with E-state index in [2.05, 4.69) is 10.3 Å². The Hall–Kier alpha value is -1.43. The van der Waals surface area contributed by atoms with Crippen LogP contribution in [0.1, 0.15) is 23.7 Å². The lowest BCUT2D eigenvalue weighted by atomic mass is 10.3. The standard InChI is InChI=1S/C11H16N2O3S/c1-8(17(2)16)5-6-12-10-4-3-9(7-13-10)11(14)15/h3-4,7-8H,5-6H2,1-2H3,(H,12,13)(H,14,15). The van der Waals surface area contributed by atoms with E-state index in [1.54, 1.807) is 12.3 Å². The largest absolute Gasteiger partial charge is 0.478 e. The average Bonchev–Trinajstić information content (AvgIpc) is 2.29. The molecule has 0 aromatic carbocycles. The molecule has 0 aliphatic heterocycles. The minimum Gasteiger partial charge on any atom is -0.478 e. The summed E-state index contributed by atoms with van der Waals surface area (Å²) in [6.45, 7) is 2.60. The summed E-state index contributed by atoms with van der Waals surface area (Å²) in [5, 5.41) is 11.9. The van der Waals surface area contributed by atoms with Crippen molar-refractivity contribution in [3.05, 3.63) is 23.9 Å². The van der Waals surface area contributed by atoms with E-state index in [0.717, 1.165) is 6.42 Å². The number of rotatable bonds is 6. The summed E-state index contributed by atoms with van der Waals surface area (Å²) >= 11 is 0. The molecule has 0 aliphatic rings. The molecule has 17 heavy (non-hydrogen) atoms. The van der Waals surface area contributed by atoms with E-state index in [1.165, 1.54) is 12.3 Å². The van der Waals surface area contributed by atoms with Gasteiger partial charge in [-0.3, -0.25) is 4.21 Å². The molecular weight excluding hydrogens is 240 g/mol. The van der Waals surface area contributed by atoms with Gasteiger partial charge >= 0.3 is 5.97 Å². The summed E-state index contributed by atoms with van der Waals surface area (Å²) in [5.41, 5.74) is 0.165. The maximum Gasteiger partial charge on any atom is 0.337 e. The number of nitrogens with one attached hydrogen (secondary N) is 1. The Bertz CT molecular complexity index is 406. The Morgan fingerprint density at radius 3 is 2.76 bits per heavy atom. The van der Waals surface area contributed by atoms with Crippen LogP contribution in [0.25, 0.3) is 0 Å². The minimum absolute atomic E-state index is 0.140. The zero-order valence-electron chi connectivity index (χ0n) is 9.84. The van der Waals surface area contributed by atoms with Gasteiger partial charge in [-0.25, -0.2) is 9.78 Å². The second-order valence-corrected chi connectivity index (χ2v) is 5.56. The average molecular weight is 256 g/mol. The first-order chi connectivity index (χ1) is 8.00. The third-order valence-corrected chi connectivity index (χ3v) is 3.80. The van der Waals surface area contributed by atoms with Crippen LogP contribution in [0.3, 0.4) is 0 Å². The second kappa shape index (κ2) is 6.34. The number of pyridine rings is 1. The van der Waals surface area contributed by atoms with Crippen LogP contribution in [-0.4, -0.2) is 38.3 Å². The molecule has 2 unspecified atom stereocenters. The number of anilines is 1. The molecule has 0 bridgehead atoms. The Morgan fingerprint density at radius 2 is 2.29 bits per heavy atom. The van der Waals surface area contributed by atoms with Crippen LogP contribution in [0.2, 0.25) is 0 Å². The van der Waals surface area contributed by atoms with Crippen LogP contribution in [-0.2, 0) is 10.8 Å². The summed E-state index contributed by atoms with van der Waals surface area (Å²) in [4.78, 5) is 14.6. The summed E-state index contributed by atoms with van der Waals surface area (Å²) in [7, 11) is -0.816. The Labute approximate surface area is 103 Å². The molecule has 94 valence electrons. The predicted molar refractivity (Wildman–Crippen MR) is 67.8 cm³/mol. The lowest BCUT2D eigenvalue weighted by molar-refractivity contribution is 0.0696. The first-order valence-corrected chi connectivity index (χ1v) is 6.88. The van der Waals surface area contributed by atoms with Gasteiger partial charge in [0.15, 0.2) is 0 Å². The first kappa shape index (κ1) is 13.6. The Morgan fingerprint density at radius 1 is 1.59 bits per heavy atom. The molecule has 0 aliphatic carbocycles. The van der Waals surface area contributed by atoms with Gasteiger partial charge in [-0.05, 0) is 18.6 Å². The van der Waals surface area contributed by atoms with Gasteiger partial charge in [0, 0.05) is 35.0 Å². The fourth-order valence-electron chi connectivity index (χ4n) is 1.19. The summed E-state index contributed by atoms with van der Waals surface area (Å²) in [5.74, 6) is -0.358. The van der Waals surface area contributed by atoms with E-state index in [1.807, 2.05) is 6.92 Å². The fourth-order valence-corrected chi connectivity index (χ4v) is 1.64. The molecule has 1 aromatic rings. The lowest BCUT2D eigenvalue weighted by Crippen LogP contribution is -2.15. The van der Waals surface area contributed by atoms with E-state index < -0.39 is 16.8 Å². The highest BCUT2D eigenvalue weighted by molar-refractivity contribution is 7.84. The molecule has 2 N–H and O–H groups in total. The van der Waals surface area contributed by atoms with Crippen molar-refractivity contribution >= 4 is 22.6 Å². The molecular formula is C11H16N2O3S. The normalized spacial score (nSPS) is 14.0. The van der Waals surface area contributed by atoms with Gasteiger partial charge in [0.2, 0.25) is 0 Å². The number of carbonyl (C=O) groups is 1. The second-order valence-electron chi connectivity index (χ2n) is 3.76. The van der Waals surface area contributed by atoms with Gasteiger partial charge in [0.05, 0.1) is 5.56 Å². The third kappa shape index (κ3) is 4.52. The van der Waals surface area contributed by atoms with Crippen molar-refractivity contribution in [2.24, 2.45) is 0 Å². The Balaban J connectivity index is 2.42. The van der Waals surface area contributed by atoms with Crippen molar-refractivity contribution in [3.8, 4) is 0 Å². The molecule has 0 amide bonds. The summed E-state index contributed by atoms with van der Waals surface area (Å²) < 4.78 is 11.1. The van der Waals surface area contributed by atoms with E-state index in [0.29, 0.717) is 12.4 Å². The molecule has 1 aromatic heterocycles. The zero-order valence-corrected chi connectivity index (χ0v) is 10.7. The van der Waals surface area contributed by atoms with E-state index in [4.69, 9.17) is 5.11 Å². The molecule has 0 saturated carbocycles. The fraction of sp³-hybridized carbons (Fsp3) is 0.455. The zero-order chi connectivity index (χ0) is 12.8. The SMILES string of the molecule is CC(CCNc1ccc(C(=O)O)cn1)S(C)=O. The highest BCUT2D eigenvalue weighted by atomic mass is 32.2. The number of hydrogen-bond acceptors (Lipinski definition) is 4. The predicted octanol–water partition coefficient (Wildman–Crippen LogP) is 1.35. The van der Waals surface area contributed by atoms with E-state index >= 15 is 0 Å². The van der Waals surface area contributed by atoms with Crippen molar-refractivity contribution in [1.82, 2.24) is 4.98 Å². The van der Waals surface area contributed by atoms with Gasteiger partial charge in [0.25, 0.3) is 0 Å². The van der Waals surface area contributed by atoms with Crippen molar-refractivity contribution < 1.29 is 14.1 Å². The monoisotopic (exact) mass is 256 g/mol. The van der Waals surface area contributed by atoms with Crippen LogP contribution in [0.15, 0.2) is 18.3 Å². The smallest absolute Gasteiger partial charge is 0.337 e. The third-order valence-electron chi connectivity index (χ3n) is 2.43. The molecule has 1 rings (SSSR count). The number of carboxylic acid groups (broad SMARTS) is 1. The van der Waals surface area contributed by atoms with E-state index in [9.17, 15) is 9.00 Å². The van der Waals surface area contributed by atoms with E-state index in [-0.39, 0.29) is 10.8 Å². The highest BCUT2D eigenvalue weighted by Crippen LogP contribution is 2.06. The van der Waals surface area contributed by atoms with Crippen molar-refractivity contribution in [2.75, 3.05) is 18.1 Å². The Kier molecular flexibility index (Phi) is 5.09. The van der Waals surface area contributed by atoms with Crippen LogP contribution in [0.5, 0.6) is 0 Å². The summed E-state index contributed by atoms with van der Waals surface area (Å²) in [6, 6.07) is 3.12. The first-order valence-electron chi connectivity index (χ1n) is 5.26. The number of hydrogen-bond donors (Lipinski definition) is 2. The number of nitrogens with zero attached hydrogens (tertiary/aromatic N) is 1. The molecule has 0 fully saturated rings. The van der Waals surface area contributed by atoms with Crippen LogP contribution >= 0.6 is 0 Å². The number of aromatic carboxylic acids is 1. The number of aromatic nitrogens is 1. The topological polar surface area (TPSA) is 79.3 Å². The highest BCUT2D eigenvalue weighted by Gasteiger charge is 2.06. The van der Waals surface area contributed by atoms with Gasteiger partial charge in [-0.2, -0.15) is 0 Å². The molecule has 0 saturated heterocycles. The molecule has 6 heteroatoms. The van der Waals surface area contributed by atoms with Crippen LogP contribution < -0.4 is 5.32 Å².